The Hall–Kier alpha value is -6.01. The molecule has 2 atom stereocenters. The number of benzene rings is 2. The van der Waals surface area contributed by atoms with E-state index in [-0.39, 0.29) is 59.9 Å². The van der Waals surface area contributed by atoms with Crippen molar-refractivity contribution < 1.29 is 28.5 Å². The molecule has 2 aliphatic heterocycles. The Labute approximate surface area is 269 Å². The molecule has 2 aromatic carbocycles. The van der Waals surface area contributed by atoms with Crippen molar-refractivity contribution in [1.82, 2.24) is 25.3 Å². The van der Waals surface area contributed by atoms with Gasteiger partial charge in [-0.1, -0.05) is 6.07 Å². The van der Waals surface area contributed by atoms with Crippen molar-refractivity contribution in [2.24, 2.45) is 4.99 Å². The zero-order valence-electron chi connectivity index (χ0n) is 25.4. The Morgan fingerprint density at radius 1 is 1.19 bits per heavy atom. The van der Waals surface area contributed by atoms with Gasteiger partial charge in [0.05, 0.1) is 30.3 Å². The molecule has 4 heterocycles. The molecule has 2 unspecified atom stereocenters. The van der Waals surface area contributed by atoms with Crippen LogP contribution in [0.1, 0.15) is 48.3 Å². The number of aryl methyl sites for hydroxylation is 1. The lowest BCUT2D eigenvalue weighted by atomic mass is 10.0. The van der Waals surface area contributed by atoms with Crippen molar-refractivity contribution >= 4 is 29.5 Å². The first-order valence-electron chi connectivity index (χ1n) is 14.9. The zero-order chi connectivity index (χ0) is 32.8. The number of aromatic nitrogens is 4. The first kappa shape index (κ1) is 31.0. The van der Waals surface area contributed by atoms with E-state index < -0.39 is 12.0 Å². The Bertz CT molecular complexity index is 1850. The molecule has 4 aromatic rings. The number of aromatic amines is 1. The highest BCUT2D eigenvalue weighted by atomic mass is 16.5. The summed E-state index contributed by atoms with van der Waals surface area (Å²) in [6.07, 6.45) is 5.25. The van der Waals surface area contributed by atoms with Crippen molar-refractivity contribution in [2.75, 3.05) is 24.2 Å². The lowest BCUT2D eigenvalue weighted by molar-refractivity contribution is -0.143. The van der Waals surface area contributed by atoms with Crippen LogP contribution in [0.2, 0.25) is 0 Å². The summed E-state index contributed by atoms with van der Waals surface area (Å²) in [7, 11) is 0. The van der Waals surface area contributed by atoms with Crippen molar-refractivity contribution in [3.8, 4) is 35.3 Å². The number of carbonyl (C=O) groups is 2. The van der Waals surface area contributed by atoms with Crippen LogP contribution in [0.5, 0.6) is 29.3 Å². The summed E-state index contributed by atoms with van der Waals surface area (Å²) in [5.41, 5.74) is 9.06. The van der Waals surface area contributed by atoms with Crippen LogP contribution in [-0.4, -0.2) is 57.3 Å². The Kier molecular flexibility index (Phi) is 9.21. The molecule has 0 aliphatic carbocycles. The minimum absolute atomic E-state index is 0.00126. The van der Waals surface area contributed by atoms with Gasteiger partial charge in [0.1, 0.15) is 11.9 Å². The molecule has 0 radical (unpaired) electrons. The molecule has 15 heteroatoms. The van der Waals surface area contributed by atoms with E-state index in [0.29, 0.717) is 30.0 Å². The second-order valence-corrected chi connectivity index (χ2v) is 10.6. The van der Waals surface area contributed by atoms with Gasteiger partial charge in [-0.25, -0.2) is 4.98 Å². The van der Waals surface area contributed by atoms with E-state index >= 15 is 0 Å². The van der Waals surface area contributed by atoms with Gasteiger partial charge in [-0.3, -0.25) is 19.9 Å². The van der Waals surface area contributed by atoms with Gasteiger partial charge in [-0.15, -0.1) is 0 Å². The number of nitrogens with two attached hydrogens (primary N) is 1. The fourth-order valence-electron chi connectivity index (χ4n) is 4.99. The maximum absolute atomic E-state index is 13.2. The number of fused-ring (bicyclic) bond motifs is 1. The lowest BCUT2D eigenvalue weighted by Gasteiger charge is -2.26. The quantitative estimate of drug-likeness (QED) is 0.137. The average Bonchev–Trinajstić information content (AvgIpc) is 3.59. The molecule has 2 aromatic heterocycles. The summed E-state index contributed by atoms with van der Waals surface area (Å²) in [6, 6.07) is 11.9. The maximum atomic E-state index is 13.2. The van der Waals surface area contributed by atoms with Crippen molar-refractivity contribution in [1.29, 1.82) is 5.26 Å². The highest BCUT2D eigenvalue weighted by Crippen LogP contribution is 2.41. The predicted molar refractivity (Wildman–Crippen MR) is 168 cm³/mol. The first-order valence-corrected chi connectivity index (χ1v) is 14.9. The molecule has 6 rings (SSSR count). The predicted octanol–water partition coefficient (Wildman–Crippen LogP) is 3.74. The van der Waals surface area contributed by atoms with Gasteiger partial charge in [-0.2, -0.15) is 15.2 Å². The summed E-state index contributed by atoms with van der Waals surface area (Å²) >= 11 is 0. The Morgan fingerprint density at radius 2 is 2.09 bits per heavy atom. The number of aliphatic imine (C=N–C) groups is 1. The largest absolute Gasteiger partial charge is 0.466 e. The van der Waals surface area contributed by atoms with E-state index in [4.69, 9.17) is 24.7 Å². The van der Waals surface area contributed by atoms with E-state index in [2.05, 4.69) is 35.6 Å². The normalized spacial score (nSPS) is 16.7. The standard InChI is InChI=1S/C32H31N9O6/c1-2-44-26(42)7-5-18-10-20(28-36-8-3-9-37-28)13-22(11-18)45-30-27-31(46-25(29(43)39-27)14-21-16-35-17-38-21)41-32(40-30)47-24-12-19(15-33)4-6-23(24)34/h4,6,8,10-13,16-17,25,28,37H,2-3,5,7,9,14,34H2,1H3,(H,35,38)(H,39,43). The number of nitriles is 1. The van der Waals surface area contributed by atoms with Crippen molar-refractivity contribution in [3.05, 3.63) is 71.3 Å². The van der Waals surface area contributed by atoms with E-state index in [9.17, 15) is 14.9 Å². The van der Waals surface area contributed by atoms with E-state index in [1.807, 2.05) is 18.4 Å². The number of esters is 1. The number of imidazole rings is 1. The second kappa shape index (κ2) is 14.0. The molecule has 240 valence electrons. The van der Waals surface area contributed by atoms with Gasteiger partial charge >= 0.3 is 12.0 Å². The molecule has 0 saturated carbocycles. The van der Waals surface area contributed by atoms with Crippen LogP contribution >= 0.6 is 0 Å². The molecule has 5 N–H and O–H groups in total. The molecule has 0 saturated heterocycles. The van der Waals surface area contributed by atoms with Crippen molar-refractivity contribution in [3.63, 3.8) is 0 Å². The third-order valence-corrected chi connectivity index (χ3v) is 7.23. The first-order chi connectivity index (χ1) is 22.9. The number of nitrogen functional groups attached to an aromatic ring is 1. The van der Waals surface area contributed by atoms with E-state index in [0.717, 1.165) is 24.1 Å². The van der Waals surface area contributed by atoms with Gasteiger partial charge in [0.15, 0.2) is 17.5 Å². The number of carbonyl (C=O) groups excluding carboxylic acids is 2. The van der Waals surface area contributed by atoms with Crippen molar-refractivity contribution in [2.45, 2.75) is 44.9 Å². The number of nitrogens with one attached hydrogen (secondary N) is 3. The van der Waals surface area contributed by atoms with Crippen LogP contribution in [0.4, 0.5) is 11.4 Å². The smallest absolute Gasteiger partial charge is 0.328 e. The molecule has 0 fully saturated rings. The minimum Gasteiger partial charge on any atom is -0.466 e. The van der Waals surface area contributed by atoms with Gasteiger partial charge in [0.25, 0.3) is 11.8 Å². The molecule has 0 bridgehead atoms. The molecule has 0 spiro atoms. The maximum Gasteiger partial charge on any atom is 0.328 e. The molecular formula is C32H31N9O6. The topological polar surface area (TPSA) is 212 Å². The molecule has 15 nitrogen and oxygen atoms in total. The van der Waals surface area contributed by atoms with Gasteiger partial charge in [-0.05, 0) is 55.2 Å². The number of hydrogen-bond acceptors (Lipinski definition) is 13. The van der Waals surface area contributed by atoms with Crippen LogP contribution in [-0.2, 0) is 27.2 Å². The number of amides is 1. The summed E-state index contributed by atoms with van der Waals surface area (Å²) in [4.78, 5) is 45.7. The second-order valence-electron chi connectivity index (χ2n) is 10.6. The zero-order valence-corrected chi connectivity index (χ0v) is 25.4. The third kappa shape index (κ3) is 7.45. The number of hydrogen-bond donors (Lipinski definition) is 4. The van der Waals surface area contributed by atoms with Crippen LogP contribution < -0.4 is 30.6 Å². The minimum atomic E-state index is -0.946. The number of anilines is 2. The average molecular weight is 638 g/mol. The van der Waals surface area contributed by atoms with Gasteiger partial charge in [0.2, 0.25) is 5.88 Å². The summed E-state index contributed by atoms with van der Waals surface area (Å²) in [5, 5.41) is 15.5. The van der Waals surface area contributed by atoms with Gasteiger partial charge in [0, 0.05) is 43.6 Å². The molecule has 2 aliphatic rings. The van der Waals surface area contributed by atoms with Gasteiger partial charge < -0.3 is 35.0 Å². The summed E-state index contributed by atoms with van der Waals surface area (Å²) in [5.74, 6) is -0.317. The van der Waals surface area contributed by atoms with Crippen LogP contribution in [0, 0.1) is 11.3 Å². The summed E-state index contributed by atoms with van der Waals surface area (Å²) in [6.45, 7) is 2.80. The highest BCUT2D eigenvalue weighted by molar-refractivity contribution is 5.98. The number of H-pyrrole nitrogens is 1. The SMILES string of the molecule is CCOC(=O)CCc1cc(Oc2nc(Oc3cc(C#N)ccc3N)nc3c2NC(=O)C(Cc2cnc[nH]2)O3)cc(C2N=CCCN2)c1. The third-order valence-electron chi connectivity index (χ3n) is 7.23. The number of rotatable bonds is 11. The van der Waals surface area contributed by atoms with Crippen LogP contribution in [0.25, 0.3) is 0 Å². The fraction of sp³-hybridized carbons (Fsp3) is 0.281. The monoisotopic (exact) mass is 637 g/mol. The van der Waals surface area contributed by atoms with Crippen LogP contribution in [0.3, 0.4) is 0 Å². The lowest BCUT2D eigenvalue weighted by Crippen LogP contribution is -2.39. The summed E-state index contributed by atoms with van der Waals surface area (Å²) < 4.78 is 23.4. The molecular weight excluding hydrogens is 606 g/mol. The Morgan fingerprint density at radius 3 is 2.85 bits per heavy atom. The molecule has 47 heavy (non-hydrogen) atoms. The molecule has 1 amide bonds. The Balaban J connectivity index is 1.37. The number of nitrogens with zero attached hydrogens (tertiary/aromatic N) is 5. The van der Waals surface area contributed by atoms with E-state index in [1.165, 1.54) is 18.5 Å². The van der Waals surface area contributed by atoms with Crippen LogP contribution in [0.15, 0.2) is 53.9 Å². The highest BCUT2D eigenvalue weighted by Gasteiger charge is 2.34. The number of ether oxygens (including phenoxy) is 4. The fourth-order valence-corrected chi connectivity index (χ4v) is 4.99. The van der Waals surface area contributed by atoms with E-state index in [1.54, 1.807) is 31.3 Å².